The number of aromatic amines is 1. The van der Waals surface area contributed by atoms with E-state index in [9.17, 15) is 4.79 Å². The lowest BCUT2D eigenvalue weighted by molar-refractivity contribution is 0.972. The van der Waals surface area contributed by atoms with Gasteiger partial charge in [0.1, 0.15) is 0 Å². The number of hydrogen-bond donors (Lipinski definition) is 1. The van der Waals surface area contributed by atoms with Crippen LogP contribution in [0.5, 0.6) is 0 Å². The molecular formula is C13H10N2O. The van der Waals surface area contributed by atoms with Crippen molar-refractivity contribution >= 4 is 6.08 Å². The van der Waals surface area contributed by atoms with Crippen LogP contribution in [0.15, 0.2) is 41.2 Å². The Morgan fingerprint density at radius 2 is 2.12 bits per heavy atom. The van der Waals surface area contributed by atoms with Gasteiger partial charge in [-0.25, -0.2) is 5.10 Å². The van der Waals surface area contributed by atoms with Gasteiger partial charge in [0.05, 0.1) is 5.69 Å². The van der Waals surface area contributed by atoms with E-state index in [1.807, 2.05) is 24.3 Å². The minimum Gasteiger partial charge on any atom is -0.268 e. The summed E-state index contributed by atoms with van der Waals surface area (Å²) >= 11 is 0. The van der Waals surface area contributed by atoms with Gasteiger partial charge in [0.15, 0.2) is 0 Å². The Morgan fingerprint density at radius 1 is 1.25 bits per heavy atom. The van der Waals surface area contributed by atoms with Gasteiger partial charge in [-0.05, 0) is 17.5 Å². The number of allylic oxidation sites excluding steroid dienone is 1. The molecule has 2 aromatic rings. The van der Waals surface area contributed by atoms with Crippen molar-refractivity contribution in [2.75, 3.05) is 0 Å². The molecule has 1 aromatic carbocycles. The molecule has 78 valence electrons. The summed E-state index contributed by atoms with van der Waals surface area (Å²) in [5.41, 5.74) is 3.92. The normalized spacial score (nSPS) is 12.8. The first-order chi connectivity index (χ1) is 7.84. The molecule has 16 heavy (non-hydrogen) atoms. The third kappa shape index (κ3) is 1.37. The molecule has 0 spiro atoms. The zero-order valence-corrected chi connectivity index (χ0v) is 8.60. The van der Waals surface area contributed by atoms with Gasteiger partial charge < -0.3 is 0 Å². The van der Waals surface area contributed by atoms with E-state index in [1.165, 1.54) is 0 Å². The fourth-order valence-corrected chi connectivity index (χ4v) is 2.00. The Balaban J connectivity index is 2.35. The summed E-state index contributed by atoms with van der Waals surface area (Å²) in [7, 11) is 0. The second-order valence-corrected chi connectivity index (χ2v) is 3.80. The van der Waals surface area contributed by atoms with Crippen LogP contribution in [0, 0.1) is 0 Å². The number of benzene rings is 1. The van der Waals surface area contributed by atoms with Crippen LogP contribution in [0.3, 0.4) is 0 Å². The van der Waals surface area contributed by atoms with E-state index in [-0.39, 0.29) is 5.56 Å². The largest absolute Gasteiger partial charge is 0.268 e. The molecule has 3 nitrogen and oxygen atoms in total. The topological polar surface area (TPSA) is 45.8 Å². The molecule has 1 N–H and O–H groups in total. The number of nitrogens with one attached hydrogen (secondary N) is 1. The first kappa shape index (κ1) is 9.09. The summed E-state index contributed by atoms with van der Waals surface area (Å²) in [5.74, 6) is 0. The summed E-state index contributed by atoms with van der Waals surface area (Å²) in [6.45, 7) is 0. The van der Waals surface area contributed by atoms with E-state index in [0.29, 0.717) is 0 Å². The highest BCUT2D eigenvalue weighted by molar-refractivity contribution is 5.76. The van der Waals surface area contributed by atoms with E-state index >= 15 is 0 Å². The molecular weight excluding hydrogens is 200 g/mol. The van der Waals surface area contributed by atoms with Crippen LogP contribution in [0.25, 0.3) is 17.3 Å². The number of H-pyrrole nitrogens is 1. The van der Waals surface area contributed by atoms with Crippen molar-refractivity contribution in [2.45, 2.75) is 6.42 Å². The molecule has 0 saturated heterocycles. The first-order valence-corrected chi connectivity index (χ1v) is 5.19. The highest BCUT2D eigenvalue weighted by Gasteiger charge is 2.12. The summed E-state index contributed by atoms with van der Waals surface area (Å²) in [6, 6.07) is 9.67. The average molecular weight is 210 g/mol. The quantitative estimate of drug-likeness (QED) is 0.723. The molecule has 0 radical (unpaired) electrons. The predicted molar refractivity (Wildman–Crippen MR) is 63.0 cm³/mol. The zero-order valence-electron chi connectivity index (χ0n) is 8.60. The molecule has 1 heterocycles. The standard InChI is InChI=1S/C13H10N2O/c16-12-8-10-6-3-5-9-4-1-2-7-11(9)13(10)15-14-12/h1-5,7-8H,6H2,(H,14,16). The van der Waals surface area contributed by atoms with Gasteiger partial charge >= 0.3 is 0 Å². The highest BCUT2D eigenvalue weighted by atomic mass is 16.1. The lowest BCUT2D eigenvalue weighted by Crippen LogP contribution is -2.09. The Labute approximate surface area is 92.5 Å². The molecule has 0 aliphatic heterocycles. The summed E-state index contributed by atoms with van der Waals surface area (Å²) in [4.78, 5) is 11.2. The molecule has 0 atom stereocenters. The Kier molecular flexibility index (Phi) is 1.96. The van der Waals surface area contributed by atoms with Gasteiger partial charge in [-0.2, -0.15) is 5.10 Å². The molecule has 3 rings (SSSR count). The Morgan fingerprint density at radius 3 is 3.06 bits per heavy atom. The second kappa shape index (κ2) is 3.45. The SMILES string of the molecule is O=c1cc2c(n[nH]1)-c1ccccc1C=CC2. The van der Waals surface area contributed by atoms with Crippen LogP contribution in [0.2, 0.25) is 0 Å². The van der Waals surface area contributed by atoms with E-state index in [4.69, 9.17) is 0 Å². The maximum Gasteiger partial charge on any atom is 0.264 e. The van der Waals surface area contributed by atoms with Crippen LogP contribution < -0.4 is 5.56 Å². The van der Waals surface area contributed by atoms with Crippen molar-refractivity contribution in [3.05, 3.63) is 57.9 Å². The smallest absolute Gasteiger partial charge is 0.264 e. The van der Waals surface area contributed by atoms with Crippen molar-refractivity contribution in [3.63, 3.8) is 0 Å². The molecule has 1 aromatic heterocycles. The van der Waals surface area contributed by atoms with Gasteiger partial charge in [-0.1, -0.05) is 36.4 Å². The molecule has 0 amide bonds. The van der Waals surface area contributed by atoms with Crippen molar-refractivity contribution in [1.29, 1.82) is 0 Å². The monoisotopic (exact) mass is 210 g/mol. The Hall–Kier alpha value is -2.16. The predicted octanol–water partition coefficient (Wildman–Crippen LogP) is 2.01. The summed E-state index contributed by atoms with van der Waals surface area (Å²) in [6.07, 6.45) is 4.88. The van der Waals surface area contributed by atoms with E-state index in [2.05, 4.69) is 22.3 Å². The summed E-state index contributed by atoms with van der Waals surface area (Å²) in [5, 5.41) is 6.64. The maximum atomic E-state index is 11.2. The van der Waals surface area contributed by atoms with Gasteiger partial charge in [-0.3, -0.25) is 4.79 Å². The van der Waals surface area contributed by atoms with Gasteiger partial charge in [0.25, 0.3) is 5.56 Å². The number of rotatable bonds is 0. The molecule has 1 aliphatic carbocycles. The third-order valence-electron chi connectivity index (χ3n) is 2.74. The van der Waals surface area contributed by atoms with Gasteiger partial charge in [0, 0.05) is 11.6 Å². The highest BCUT2D eigenvalue weighted by Crippen LogP contribution is 2.28. The van der Waals surface area contributed by atoms with Gasteiger partial charge in [0.2, 0.25) is 0 Å². The van der Waals surface area contributed by atoms with E-state index in [0.717, 1.165) is 28.8 Å². The number of hydrogen-bond acceptors (Lipinski definition) is 2. The molecule has 0 unspecified atom stereocenters. The minimum atomic E-state index is -0.147. The van der Waals surface area contributed by atoms with Crippen LogP contribution in [0.1, 0.15) is 11.1 Å². The number of fused-ring (bicyclic) bond motifs is 3. The number of nitrogens with zero attached hydrogens (tertiary/aromatic N) is 1. The third-order valence-corrected chi connectivity index (χ3v) is 2.74. The molecule has 0 fully saturated rings. The minimum absolute atomic E-state index is 0.147. The van der Waals surface area contributed by atoms with Crippen LogP contribution in [0.4, 0.5) is 0 Å². The van der Waals surface area contributed by atoms with Crippen molar-refractivity contribution in [3.8, 4) is 11.3 Å². The first-order valence-electron chi connectivity index (χ1n) is 5.19. The molecule has 1 aliphatic rings. The number of aromatic nitrogens is 2. The Bertz CT molecular complexity index is 626. The maximum absolute atomic E-state index is 11.2. The zero-order chi connectivity index (χ0) is 11.0. The summed E-state index contributed by atoms with van der Waals surface area (Å²) < 4.78 is 0. The lowest BCUT2D eigenvalue weighted by Gasteiger charge is -2.05. The second-order valence-electron chi connectivity index (χ2n) is 3.80. The average Bonchev–Trinajstić information content (AvgIpc) is 2.47. The van der Waals surface area contributed by atoms with Crippen molar-refractivity contribution in [2.24, 2.45) is 0 Å². The van der Waals surface area contributed by atoms with Crippen molar-refractivity contribution < 1.29 is 0 Å². The fourth-order valence-electron chi connectivity index (χ4n) is 2.00. The van der Waals surface area contributed by atoms with Crippen molar-refractivity contribution in [1.82, 2.24) is 10.2 Å². The van der Waals surface area contributed by atoms with Crippen LogP contribution in [-0.4, -0.2) is 10.2 Å². The molecule has 3 heteroatoms. The van der Waals surface area contributed by atoms with Crippen LogP contribution in [-0.2, 0) is 6.42 Å². The van der Waals surface area contributed by atoms with E-state index < -0.39 is 0 Å². The van der Waals surface area contributed by atoms with Gasteiger partial charge in [-0.15, -0.1) is 0 Å². The van der Waals surface area contributed by atoms with Crippen LogP contribution >= 0.6 is 0 Å². The fraction of sp³-hybridized carbons (Fsp3) is 0.0769. The molecule has 0 bridgehead atoms. The lowest BCUT2D eigenvalue weighted by atomic mass is 10.0. The molecule has 0 saturated carbocycles. The van der Waals surface area contributed by atoms with E-state index in [1.54, 1.807) is 6.07 Å².